The number of hydrogen-bond donors (Lipinski definition) is 1. The summed E-state index contributed by atoms with van der Waals surface area (Å²) >= 11 is 0. The highest BCUT2D eigenvalue weighted by Crippen LogP contribution is 2.35. The molecule has 4 aromatic rings. The van der Waals surface area contributed by atoms with E-state index in [4.69, 9.17) is 9.47 Å². The monoisotopic (exact) mass is 492 g/mol. The molecule has 0 fully saturated rings. The van der Waals surface area contributed by atoms with Crippen molar-refractivity contribution < 1.29 is 22.7 Å². The van der Waals surface area contributed by atoms with Gasteiger partial charge < -0.3 is 14.0 Å². The summed E-state index contributed by atoms with van der Waals surface area (Å²) in [7, 11) is -2.20. The maximum Gasteiger partial charge on any atom is 0.340 e. The molecule has 0 aliphatic rings. The van der Waals surface area contributed by atoms with Crippen LogP contribution in [0.1, 0.15) is 34.1 Å². The van der Waals surface area contributed by atoms with Gasteiger partial charge in [0.25, 0.3) is 10.0 Å². The van der Waals surface area contributed by atoms with E-state index in [1.165, 1.54) is 0 Å². The molecule has 1 aromatic heterocycles. The van der Waals surface area contributed by atoms with E-state index < -0.39 is 16.0 Å². The summed E-state index contributed by atoms with van der Waals surface area (Å²) in [4.78, 5) is 13.2. The molecule has 0 aliphatic heterocycles. The Morgan fingerprint density at radius 3 is 2.23 bits per heavy atom. The summed E-state index contributed by atoms with van der Waals surface area (Å²) in [6.07, 6.45) is 0. The first kappa shape index (κ1) is 24.3. The maximum absolute atomic E-state index is 13.0. The van der Waals surface area contributed by atoms with E-state index in [0.29, 0.717) is 22.3 Å². The molecule has 1 N–H and O–H groups in total. The average Bonchev–Trinajstić information content (AvgIpc) is 3.11. The number of nitrogens with zero attached hydrogens (tertiary/aromatic N) is 1. The number of aromatic nitrogens is 1. The highest BCUT2D eigenvalue weighted by molar-refractivity contribution is 7.92. The minimum Gasteiger partial charge on any atom is -0.497 e. The van der Waals surface area contributed by atoms with Crippen LogP contribution in [-0.2, 0) is 14.8 Å². The Balaban J connectivity index is 1.90. The molecule has 0 amide bonds. The highest BCUT2D eigenvalue weighted by Gasteiger charge is 2.24. The number of methoxy groups -OCH3 is 1. The van der Waals surface area contributed by atoms with Gasteiger partial charge in [0.15, 0.2) is 0 Å². The molecule has 1 heterocycles. The molecule has 7 nitrogen and oxygen atoms in total. The molecule has 3 aromatic carbocycles. The molecular weight excluding hydrogens is 464 g/mol. The molecule has 0 atom stereocenters. The Hall–Kier alpha value is -3.78. The first-order chi connectivity index (χ1) is 16.7. The Morgan fingerprint density at radius 2 is 1.63 bits per heavy atom. The molecule has 0 saturated heterocycles. The van der Waals surface area contributed by atoms with Gasteiger partial charge in [-0.05, 0) is 81.8 Å². The van der Waals surface area contributed by atoms with Crippen LogP contribution in [0.5, 0.6) is 5.75 Å². The molecule has 4 rings (SSSR count). The fourth-order valence-electron chi connectivity index (χ4n) is 4.25. The second-order valence-corrected chi connectivity index (χ2v) is 10.0. The lowest BCUT2D eigenvalue weighted by molar-refractivity contribution is 0.0527. The normalized spacial score (nSPS) is 11.5. The summed E-state index contributed by atoms with van der Waals surface area (Å²) in [6.45, 7) is 7.62. The van der Waals surface area contributed by atoms with Crippen LogP contribution in [0.2, 0.25) is 0 Å². The SMILES string of the molecule is CCOC(=O)c1c(C)n(-c2ccc(OC)cc2)c2c(C)cc(NS(=O)(=O)c3ccc(C)cc3)cc12. The summed E-state index contributed by atoms with van der Waals surface area (Å²) in [5, 5.41) is 0.610. The molecule has 0 spiro atoms. The molecule has 0 radical (unpaired) electrons. The second-order valence-electron chi connectivity index (χ2n) is 8.32. The van der Waals surface area contributed by atoms with Gasteiger partial charge in [-0.15, -0.1) is 0 Å². The number of sulfonamides is 1. The van der Waals surface area contributed by atoms with E-state index in [2.05, 4.69) is 4.72 Å². The highest BCUT2D eigenvalue weighted by atomic mass is 32.2. The van der Waals surface area contributed by atoms with E-state index in [9.17, 15) is 13.2 Å². The zero-order valence-electron chi connectivity index (χ0n) is 20.4. The Morgan fingerprint density at radius 1 is 0.971 bits per heavy atom. The van der Waals surface area contributed by atoms with Crippen molar-refractivity contribution in [2.24, 2.45) is 0 Å². The zero-order valence-corrected chi connectivity index (χ0v) is 21.2. The predicted molar refractivity (Wildman–Crippen MR) is 137 cm³/mol. The summed E-state index contributed by atoms with van der Waals surface area (Å²) in [5.41, 5.74) is 4.89. The lowest BCUT2D eigenvalue weighted by Crippen LogP contribution is -2.13. The standard InChI is InChI=1S/C27H28N2O5S/c1-6-34-27(30)25-19(4)29(21-9-11-22(33-5)12-10-21)26-18(3)15-20(16-24(25)26)28-35(31,32)23-13-7-17(2)8-14-23/h7-16,28H,6H2,1-5H3. The van der Waals surface area contributed by atoms with Gasteiger partial charge in [-0.3, -0.25) is 4.72 Å². The van der Waals surface area contributed by atoms with Gasteiger partial charge in [-0.1, -0.05) is 17.7 Å². The molecule has 0 aliphatic carbocycles. The van der Waals surface area contributed by atoms with Gasteiger partial charge in [-0.2, -0.15) is 0 Å². The van der Waals surface area contributed by atoms with Crippen LogP contribution in [0, 0.1) is 20.8 Å². The number of fused-ring (bicyclic) bond motifs is 1. The van der Waals surface area contributed by atoms with Crippen LogP contribution in [0.3, 0.4) is 0 Å². The van der Waals surface area contributed by atoms with Gasteiger partial charge in [0.1, 0.15) is 5.75 Å². The minimum absolute atomic E-state index is 0.165. The molecule has 182 valence electrons. The first-order valence-corrected chi connectivity index (χ1v) is 12.7. The third kappa shape index (κ3) is 4.61. The number of hydrogen-bond acceptors (Lipinski definition) is 5. The van der Waals surface area contributed by atoms with Crippen LogP contribution in [0.25, 0.3) is 16.6 Å². The van der Waals surface area contributed by atoms with Gasteiger partial charge >= 0.3 is 5.97 Å². The number of esters is 1. The molecule has 0 unspecified atom stereocenters. The Kier molecular flexibility index (Phi) is 6.58. The van der Waals surface area contributed by atoms with Crippen molar-refractivity contribution in [2.75, 3.05) is 18.4 Å². The zero-order chi connectivity index (χ0) is 25.3. The molecule has 35 heavy (non-hydrogen) atoms. The molecule has 0 bridgehead atoms. The lowest BCUT2D eigenvalue weighted by atomic mass is 10.1. The fraction of sp³-hybridized carbons (Fsp3) is 0.222. The second kappa shape index (κ2) is 9.46. The van der Waals surface area contributed by atoms with Crippen LogP contribution in [-0.4, -0.2) is 32.7 Å². The van der Waals surface area contributed by atoms with Crippen molar-refractivity contribution in [1.29, 1.82) is 0 Å². The predicted octanol–water partition coefficient (Wildman–Crippen LogP) is 5.54. The number of rotatable bonds is 7. The van der Waals surface area contributed by atoms with Crippen molar-refractivity contribution in [3.63, 3.8) is 0 Å². The van der Waals surface area contributed by atoms with Crippen molar-refractivity contribution in [2.45, 2.75) is 32.6 Å². The molecule has 8 heteroatoms. The average molecular weight is 493 g/mol. The topological polar surface area (TPSA) is 86.6 Å². The van der Waals surface area contributed by atoms with Crippen LogP contribution >= 0.6 is 0 Å². The summed E-state index contributed by atoms with van der Waals surface area (Å²) in [6, 6.07) is 17.6. The molecule has 0 saturated carbocycles. The number of carbonyl (C=O) groups excluding carboxylic acids is 1. The van der Waals surface area contributed by atoms with Gasteiger partial charge in [0.2, 0.25) is 0 Å². The van der Waals surface area contributed by atoms with Crippen molar-refractivity contribution in [3.8, 4) is 11.4 Å². The van der Waals surface area contributed by atoms with E-state index >= 15 is 0 Å². The van der Waals surface area contributed by atoms with Crippen molar-refractivity contribution in [3.05, 3.63) is 83.0 Å². The number of benzene rings is 3. The molecular formula is C27H28N2O5S. The Bertz CT molecular complexity index is 1500. The third-order valence-corrected chi connectivity index (χ3v) is 7.28. The fourth-order valence-corrected chi connectivity index (χ4v) is 5.29. The number of nitrogens with one attached hydrogen (secondary N) is 1. The number of aryl methyl sites for hydroxylation is 2. The van der Waals surface area contributed by atoms with E-state index in [1.54, 1.807) is 50.4 Å². The number of carbonyl (C=O) groups is 1. The van der Waals surface area contributed by atoms with Crippen LogP contribution < -0.4 is 9.46 Å². The van der Waals surface area contributed by atoms with E-state index in [0.717, 1.165) is 28.1 Å². The van der Waals surface area contributed by atoms with E-state index in [1.807, 2.05) is 49.6 Å². The first-order valence-electron chi connectivity index (χ1n) is 11.2. The maximum atomic E-state index is 13.0. The van der Waals surface area contributed by atoms with Gasteiger partial charge in [-0.25, -0.2) is 13.2 Å². The smallest absolute Gasteiger partial charge is 0.340 e. The van der Waals surface area contributed by atoms with Crippen LogP contribution in [0.15, 0.2) is 65.6 Å². The number of anilines is 1. The summed E-state index contributed by atoms with van der Waals surface area (Å²) < 4.78 is 41.3. The third-order valence-electron chi connectivity index (χ3n) is 5.88. The van der Waals surface area contributed by atoms with Gasteiger partial charge in [0, 0.05) is 22.5 Å². The van der Waals surface area contributed by atoms with Crippen LogP contribution in [0.4, 0.5) is 5.69 Å². The van der Waals surface area contributed by atoms with E-state index in [-0.39, 0.29) is 11.5 Å². The van der Waals surface area contributed by atoms with Crippen molar-refractivity contribution in [1.82, 2.24) is 4.57 Å². The van der Waals surface area contributed by atoms with Crippen molar-refractivity contribution >= 4 is 32.6 Å². The lowest BCUT2D eigenvalue weighted by Gasteiger charge is -2.13. The quantitative estimate of drug-likeness (QED) is 0.342. The largest absolute Gasteiger partial charge is 0.497 e. The van der Waals surface area contributed by atoms with Gasteiger partial charge in [0.05, 0.1) is 29.7 Å². The Labute approximate surface area is 205 Å². The minimum atomic E-state index is -3.81. The summed E-state index contributed by atoms with van der Waals surface area (Å²) in [5.74, 6) is 0.262. The number of ether oxygens (including phenoxy) is 2.